The van der Waals surface area contributed by atoms with Crippen molar-refractivity contribution in [1.82, 2.24) is 4.90 Å². The Balaban J connectivity index is 1.84. The second kappa shape index (κ2) is 7.07. The van der Waals surface area contributed by atoms with Crippen LogP contribution in [-0.2, 0) is 9.47 Å². The molecule has 2 aliphatic rings. The van der Waals surface area contributed by atoms with Gasteiger partial charge in [0.15, 0.2) is 0 Å². The number of hydrogen-bond donors (Lipinski definition) is 0. The number of nitrogens with zero attached hydrogens (tertiary/aromatic N) is 1. The molecule has 0 spiro atoms. The number of methoxy groups -OCH3 is 1. The second-order valence-electron chi connectivity index (χ2n) is 5.82. The summed E-state index contributed by atoms with van der Waals surface area (Å²) in [4.78, 5) is 14.8. The Bertz CT molecular complexity index is 580. The molecule has 2 fully saturated rings. The number of benzene rings is 1. The number of amides is 1. The molecule has 126 valence electrons. The van der Waals surface area contributed by atoms with E-state index in [0.717, 1.165) is 12.8 Å². The van der Waals surface area contributed by atoms with Crippen LogP contribution in [0.2, 0.25) is 5.02 Å². The van der Waals surface area contributed by atoms with Gasteiger partial charge in [0, 0.05) is 18.7 Å². The number of carbonyl (C=O) groups is 1. The van der Waals surface area contributed by atoms with Gasteiger partial charge < -0.3 is 19.1 Å². The molecule has 1 aliphatic carbocycles. The van der Waals surface area contributed by atoms with Crippen molar-refractivity contribution in [2.24, 2.45) is 0 Å². The molecular formula is C17H22ClNO4. The minimum Gasteiger partial charge on any atom is -0.495 e. The van der Waals surface area contributed by atoms with Gasteiger partial charge in [-0.15, -0.1) is 0 Å². The largest absolute Gasteiger partial charge is 0.495 e. The lowest BCUT2D eigenvalue weighted by Gasteiger charge is -2.31. The third-order valence-electron chi connectivity index (χ3n) is 4.58. The smallest absolute Gasteiger partial charge is 0.254 e. The quantitative estimate of drug-likeness (QED) is 0.846. The third-order valence-corrected chi connectivity index (χ3v) is 4.87. The molecule has 1 aromatic rings. The molecule has 3 atom stereocenters. The molecule has 3 unspecified atom stereocenters. The van der Waals surface area contributed by atoms with Crippen LogP contribution >= 0.6 is 11.6 Å². The molecule has 1 aromatic carbocycles. The van der Waals surface area contributed by atoms with Crippen LogP contribution in [0.25, 0.3) is 0 Å². The van der Waals surface area contributed by atoms with Crippen molar-refractivity contribution in [1.29, 1.82) is 0 Å². The van der Waals surface area contributed by atoms with Crippen molar-refractivity contribution in [3.63, 3.8) is 0 Å². The first-order valence-corrected chi connectivity index (χ1v) is 8.41. The van der Waals surface area contributed by atoms with E-state index in [9.17, 15) is 4.79 Å². The van der Waals surface area contributed by atoms with E-state index >= 15 is 0 Å². The molecule has 3 rings (SSSR count). The highest BCUT2D eigenvalue weighted by atomic mass is 35.5. The Hall–Kier alpha value is -1.30. The zero-order chi connectivity index (χ0) is 16.4. The van der Waals surface area contributed by atoms with Crippen LogP contribution in [0.4, 0.5) is 0 Å². The molecular weight excluding hydrogens is 318 g/mol. The van der Waals surface area contributed by atoms with Gasteiger partial charge in [-0.25, -0.2) is 0 Å². The van der Waals surface area contributed by atoms with E-state index in [2.05, 4.69) is 0 Å². The number of ether oxygens (including phenoxy) is 3. The van der Waals surface area contributed by atoms with Gasteiger partial charge >= 0.3 is 0 Å². The lowest BCUT2D eigenvalue weighted by molar-refractivity contribution is -0.0484. The molecule has 0 radical (unpaired) electrons. The Kier molecular flexibility index (Phi) is 5.09. The van der Waals surface area contributed by atoms with Crippen LogP contribution in [0.15, 0.2) is 18.2 Å². The first-order chi connectivity index (χ1) is 11.2. The van der Waals surface area contributed by atoms with Crippen molar-refractivity contribution in [3.05, 3.63) is 28.8 Å². The van der Waals surface area contributed by atoms with Gasteiger partial charge in [0.2, 0.25) is 0 Å². The van der Waals surface area contributed by atoms with Crippen molar-refractivity contribution < 1.29 is 19.0 Å². The van der Waals surface area contributed by atoms with Gasteiger partial charge in [0.1, 0.15) is 11.9 Å². The van der Waals surface area contributed by atoms with Crippen LogP contribution in [0.5, 0.6) is 5.75 Å². The minimum atomic E-state index is -0.0415. The fraction of sp³-hybridized carbons (Fsp3) is 0.588. The van der Waals surface area contributed by atoms with E-state index in [-0.39, 0.29) is 24.2 Å². The van der Waals surface area contributed by atoms with Crippen LogP contribution in [0.3, 0.4) is 0 Å². The van der Waals surface area contributed by atoms with Gasteiger partial charge in [-0.1, -0.05) is 11.6 Å². The first kappa shape index (κ1) is 16.6. The molecule has 23 heavy (non-hydrogen) atoms. The summed E-state index contributed by atoms with van der Waals surface area (Å²) >= 11 is 6.16. The molecule has 6 heteroatoms. The first-order valence-electron chi connectivity index (χ1n) is 8.03. The minimum absolute atomic E-state index is 0.0320. The number of hydrogen-bond acceptors (Lipinski definition) is 4. The summed E-state index contributed by atoms with van der Waals surface area (Å²) in [5.41, 5.74) is 0.566. The Labute approximate surface area is 141 Å². The molecule has 1 saturated carbocycles. The molecule has 0 aromatic heterocycles. The van der Waals surface area contributed by atoms with E-state index in [0.29, 0.717) is 36.1 Å². The van der Waals surface area contributed by atoms with Gasteiger partial charge in [-0.3, -0.25) is 4.79 Å². The maximum atomic E-state index is 13.0. The highest BCUT2D eigenvalue weighted by Crippen LogP contribution is 2.33. The summed E-state index contributed by atoms with van der Waals surface area (Å²) in [6.45, 7) is 3.71. The third kappa shape index (κ3) is 3.18. The van der Waals surface area contributed by atoms with Crippen molar-refractivity contribution in [2.45, 2.75) is 38.0 Å². The van der Waals surface area contributed by atoms with Gasteiger partial charge in [-0.05, 0) is 38.0 Å². The average Bonchev–Trinajstić information content (AvgIpc) is 2.83. The molecule has 1 saturated heterocycles. The zero-order valence-corrected chi connectivity index (χ0v) is 14.2. The zero-order valence-electron chi connectivity index (χ0n) is 13.5. The van der Waals surface area contributed by atoms with Crippen LogP contribution < -0.4 is 4.74 Å². The highest BCUT2D eigenvalue weighted by molar-refractivity contribution is 6.32. The van der Waals surface area contributed by atoms with Crippen molar-refractivity contribution in [2.75, 3.05) is 26.9 Å². The fourth-order valence-electron chi connectivity index (χ4n) is 3.52. The molecule has 1 amide bonds. The van der Waals surface area contributed by atoms with Crippen molar-refractivity contribution >= 4 is 17.5 Å². The Morgan fingerprint density at radius 2 is 2.26 bits per heavy atom. The number of fused-ring (bicyclic) bond motifs is 2. The van der Waals surface area contributed by atoms with E-state index in [1.807, 2.05) is 11.8 Å². The number of carbonyl (C=O) groups excluding carboxylic acids is 1. The summed E-state index contributed by atoms with van der Waals surface area (Å²) in [5, 5.41) is 0.440. The summed E-state index contributed by atoms with van der Waals surface area (Å²) in [6, 6.07) is 5.20. The van der Waals surface area contributed by atoms with Gasteiger partial charge in [0.25, 0.3) is 5.91 Å². The predicted molar refractivity (Wildman–Crippen MR) is 87.2 cm³/mol. The number of halogens is 1. The average molecular weight is 340 g/mol. The lowest BCUT2D eigenvalue weighted by atomic mass is 10.1. The SMILES string of the molecule is CCOC1C2CCC1N(C(=O)c1ccc(OC)c(Cl)c1)CCO2. The van der Waals surface area contributed by atoms with Crippen LogP contribution in [-0.4, -0.2) is 55.9 Å². The van der Waals surface area contributed by atoms with Gasteiger partial charge in [0.05, 0.1) is 30.9 Å². The molecule has 1 heterocycles. The molecule has 5 nitrogen and oxygen atoms in total. The van der Waals surface area contributed by atoms with E-state index in [1.165, 1.54) is 0 Å². The summed E-state index contributed by atoms with van der Waals surface area (Å²) in [7, 11) is 1.56. The van der Waals surface area contributed by atoms with Crippen LogP contribution in [0.1, 0.15) is 30.1 Å². The lowest BCUT2D eigenvalue weighted by Crippen LogP contribution is -2.46. The van der Waals surface area contributed by atoms with E-state index in [4.69, 9.17) is 25.8 Å². The van der Waals surface area contributed by atoms with Crippen LogP contribution in [0, 0.1) is 0 Å². The van der Waals surface area contributed by atoms with E-state index < -0.39 is 0 Å². The summed E-state index contributed by atoms with van der Waals surface area (Å²) < 4.78 is 16.9. The van der Waals surface area contributed by atoms with Crippen molar-refractivity contribution in [3.8, 4) is 5.75 Å². The Morgan fingerprint density at radius 3 is 2.96 bits per heavy atom. The maximum Gasteiger partial charge on any atom is 0.254 e. The topological polar surface area (TPSA) is 48.0 Å². The molecule has 2 bridgehead atoms. The number of rotatable bonds is 4. The van der Waals surface area contributed by atoms with E-state index in [1.54, 1.807) is 25.3 Å². The normalized spacial score (nSPS) is 26.9. The fourth-order valence-corrected chi connectivity index (χ4v) is 3.78. The van der Waals surface area contributed by atoms with Gasteiger partial charge in [-0.2, -0.15) is 0 Å². The standard InChI is InChI=1S/C17H22ClNO4/c1-3-22-16-13-5-7-15(16)23-9-8-19(13)17(20)11-4-6-14(21-2)12(18)10-11/h4,6,10,13,15-16H,3,5,7-9H2,1-2H3. The second-order valence-corrected chi connectivity index (χ2v) is 6.23. The highest BCUT2D eigenvalue weighted by Gasteiger charge is 2.44. The Morgan fingerprint density at radius 1 is 1.43 bits per heavy atom. The molecule has 0 N–H and O–H groups in total. The molecule has 1 aliphatic heterocycles. The monoisotopic (exact) mass is 339 g/mol. The summed E-state index contributed by atoms with van der Waals surface area (Å²) in [6.07, 6.45) is 1.89. The maximum absolute atomic E-state index is 13.0. The summed E-state index contributed by atoms with van der Waals surface area (Å²) in [5.74, 6) is 0.533. The predicted octanol–water partition coefficient (Wildman–Crippen LogP) is 2.76.